The second-order valence-electron chi connectivity index (χ2n) is 4.51. The Morgan fingerprint density at radius 1 is 1.65 bits per heavy atom. The third kappa shape index (κ3) is 4.30. The highest BCUT2D eigenvalue weighted by atomic mass is 35.5. The van der Waals surface area contributed by atoms with Crippen LogP contribution < -0.4 is 5.73 Å². The zero-order valence-corrected chi connectivity index (χ0v) is 11.6. The molecule has 1 heterocycles. The van der Waals surface area contributed by atoms with Crippen LogP contribution in [0.25, 0.3) is 0 Å². The smallest absolute Gasteiger partial charge is 0.224 e. The molecule has 1 saturated carbocycles. The van der Waals surface area contributed by atoms with Crippen molar-refractivity contribution in [1.82, 2.24) is 4.90 Å². The Labute approximate surface area is 112 Å². The molecule has 96 valence electrons. The van der Waals surface area contributed by atoms with Crippen molar-refractivity contribution in [2.45, 2.75) is 44.8 Å². The van der Waals surface area contributed by atoms with Gasteiger partial charge in [-0.2, -0.15) is 0 Å². The predicted octanol–water partition coefficient (Wildman–Crippen LogP) is 2.40. The van der Waals surface area contributed by atoms with Gasteiger partial charge in [-0.3, -0.25) is 4.79 Å². The topological polar surface area (TPSA) is 46.3 Å². The summed E-state index contributed by atoms with van der Waals surface area (Å²) in [7, 11) is 0. The Balaban J connectivity index is 0.00000144. The van der Waals surface area contributed by atoms with E-state index in [1.54, 1.807) is 11.3 Å². The molecule has 5 heteroatoms. The maximum atomic E-state index is 12.0. The minimum Gasteiger partial charge on any atom is -0.335 e. The van der Waals surface area contributed by atoms with Crippen LogP contribution in [0.1, 0.15) is 31.1 Å². The average molecular weight is 275 g/mol. The van der Waals surface area contributed by atoms with E-state index in [0.717, 1.165) is 19.4 Å². The molecule has 0 spiro atoms. The molecule has 1 aliphatic rings. The molecule has 0 aromatic carbocycles. The summed E-state index contributed by atoms with van der Waals surface area (Å²) in [4.78, 5) is 15.3. The van der Waals surface area contributed by atoms with E-state index in [4.69, 9.17) is 5.73 Å². The molecule has 0 bridgehead atoms. The number of rotatable bonds is 5. The summed E-state index contributed by atoms with van der Waals surface area (Å²) in [6.45, 7) is 2.64. The molecular weight excluding hydrogens is 256 g/mol. The van der Waals surface area contributed by atoms with E-state index in [9.17, 15) is 4.79 Å². The van der Waals surface area contributed by atoms with Gasteiger partial charge in [0.05, 0.1) is 6.54 Å². The van der Waals surface area contributed by atoms with Crippen LogP contribution in [0.4, 0.5) is 0 Å². The van der Waals surface area contributed by atoms with E-state index >= 15 is 0 Å². The number of carbonyl (C=O) groups is 1. The third-order valence-corrected chi connectivity index (χ3v) is 3.57. The van der Waals surface area contributed by atoms with Crippen LogP contribution in [0.3, 0.4) is 0 Å². The molecule has 0 saturated heterocycles. The van der Waals surface area contributed by atoms with Crippen LogP contribution in [0.2, 0.25) is 0 Å². The van der Waals surface area contributed by atoms with Gasteiger partial charge in [-0.05, 0) is 31.2 Å². The molecule has 1 aliphatic carbocycles. The lowest BCUT2D eigenvalue weighted by atomic mass is 10.2. The summed E-state index contributed by atoms with van der Waals surface area (Å²) in [6, 6.07) is 4.53. The third-order valence-electron chi connectivity index (χ3n) is 2.71. The molecule has 17 heavy (non-hydrogen) atoms. The van der Waals surface area contributed by atoms with Crippen LogP contribution >= 0.6 is 23.7 Å². The highest BCUT2D eigenvalue weighted by Crippen LogP contribution is 2.29. The molecule has 0 radical (unpaired) electrons. The Morgan fingerprint density at radius 2 is 2.35 bits per heavy atom. The highest BCUT2D eigenvalue weighted by molar-refractivity contribution is 7.09. The number of halogens is 1. The van der Waals surface area contributed by atoms with E-state index in [2.05, 4.69) is 11.4 Å². The first-order chi connectivity index (χ1) is 7.66. The average Bonchev–Trinajstić information content (AvgIpc) is 2.91. The van der Waals surface area contributed by atoms with Crippen LogP contribution in [0, 0.1) is 0 Å². The zero-order valence-electron chi connectivity index (χ0n) is 9.96. The standard InChI is InChI=1S/C12H18N2OS.ClH/c1-9(13)7-12(15)14(10-4-5-10)8-11-3-2-6-16-11;/h2-3,6,9-10H,4-5,7-8,13H2,1H3;1H. The molecule has 1 unspecified atom stereocenters. The summed E-state index contributed by atoms with van der Waals surface area (Å²) in [6.07, 6.45) is 2.76. The summed E-state index contributed by atoms with van der Waals surface area (Å²) < 4.78 is 0. The number of amides is 1. The largest absolute Gasteiger partial charge is 0.335 e. The monoisotopic (exact) mass is 274 g/mol. The van der Waals surface area contributed by atoms with Crippen molar-refractivity contribution >= 4 is 29.7 Å². The lowest BCUT2D eigenvalue weighted by Gasteiger charge is -2.22. The lowest BCUT2D eigenvalue weighted by molar-refractivity contribution is -0.132. The van der Waals surface area contributed by atoms with Gasteiger partial charge in [0.2, 0.25) is 5.91 Å². The lowest BCUT2D eigenvalue weighted by Crippen LogP contribution is -2.35. The van der Waals surface area contributed by atoms with Gasteiger partial charge in [-0.25, -0.2) is 0 Å². The summed E-state index contributed by atoms with van der Waals surface area (Å²) >= 11 is 1.71. The SMILES string of the molecule is CC(N)CC(=O)N(Cc1cccs1)C1CC1.Cl. The number of hydrogen-bond donors (Lipinski definition) is 1. The first kappa shape index (κ1) is 14.5. The van der Waals surface area contributed by atoms with Gasteiger partial charge in [0.1, 0.15) is 0 Å². The fraction of sp³-hybridized carbons (Fsp3) is 0.583. The number of nitrogens with two attached hydrogens (primary N) is 1. The van der Waals surface area contributed by atoms with Gasteiger partial charge < -0.3 is 10.6 Å². The summed E-state index contributed by atoms with van der Waals surface area (Å²) in [5, 5.41) is 2.05. The van der Waals surface area contributed by atoms with Gasteiger partial charge in [0.15, 0.2) is 0 Å². The Bertz CT molecular complexity index is 349. The van der Waals surface area contributed by atoms with Crippen LogP contribution in [0.15, 0.2) is 17.5 Å². The maximum Gasteiger partial charge on any atom is 0.224 e. The normalized spacial score (nSPS) is 16.1. The van der Waals surface area contributed by atoms with Crippen LogP contribution in [0.5, 0.6) is 0 Å². The van der Waals surface area contributed by atoms with Crippen molar-refractivity contribution in [3.8, 4) is 0 Å². The fourth-order valence-electron chi connectivity index (χ4n) is 1.77. The van der Waals surface area contributed by atoms with Gasteiger partial charge in [0, 0.05) is 23.4 Å². The van der Waals surface area contributed by atoms with Crippen molar-refractivity contribution in [1.29, 1.82) is 0 Å². The molecular formula is C12H19ClN2OS. The van der Waals surface area contributed by atoms with E-state index in [1.165, 1.54) is 4.88 Å². The van der Waals surface area contributed by atoms with Crippen LogP contribution in [-0.4, -0.2) is 22.9 Å². The predicted molar refractivity (Wildman–Crippen MR) is 73.4 cm³/mol. The zero-order chi connectivity index (χ0) is 11.5. The number of carbonyl (C=O) groups excluding carboxylic acids is 1. The minimum atomic E-state index is -0.0444. The second kappa shape index (κ2) is 6.38. The molecule has 2 rings (SSSR count). The number of hydrogen-bond acceptors (Lipinski definition) is 3. The van der Waals surface area contributed by atoms with E-state index in [-0.39, 0.29) is 24.4 Å². The second-order valence-corrected chi connectivity index (χ2v) is 5.55. The van der Waals surface area contributed by atoms with Gasteiger partial charge >= 0.3 is 0 Å². The number of nitrogens with zero attached hydrogens (tertiary/aromatic N) is 1. The minimum absolute atomic E-state index is 0. The summed E-state index contributed by atoms with van der Waals surface area (Å²) in [5.41, 5.74) is 5.68. The van der Waals surface area contributed by atoms with E-state index in [0.29, 0.717) is 12.5 Å². The van der Waals surface area contributed by atoms with E-state index in [1.807, 2.05) is 17.9 Å². The Morgan fingerprint density at radius 3 is 2.82 bits per heavy atom. The fourth-order valence-corrected chi connectivity index (χ4v) is 2.47. The quantitative estimate of drug-likeness (QED) is 0.896. The molecule has 2 N–H and O–H groups in total. The molecule has 1 amide bonds. The van der Waals surface area contributed by atoms with Crippen molar-refractivity contribution < 1.29 is 4.79 Å². The maximum absolute atomic E-state index is 12.0. The molecule has 1 atom stereocenters. The van der Waals surface area contributed by atoms with E-state index < -0.39 is 0 Å². The Hall–Kier alpha value is -0.580. The Kier molecular flexibility index (Phi) is 5.43. The highest BCUT2D eigenvalue weighted by Gasteiger charge is 2.32. The van der Waals surface area contributed by atoms with Crippen molar-refractivity contribution in [3.05, 3.63) is 22.4 Å². The van der Waals surface area contributed by atoms with Crippen molar-refractivity contribution in [2.75, 3.05) is 0 Å². The molecule has 3 nitrogen and oxygen atoms in total. The number of thiophene rings is 1. The first-order valence-electron chi connectivity index (χ1n) is 5.74. The molecule has 1 aromatic rings. The van der Waals surface area contributed by atoms with Gasteiger partial charge in [0.25, 0.3) is 0 Å². The first-order valence-corrected chi connectivity index (χ1v) is 6.62. The molecule has 0 aliphatic heterocycles. The van der Waals surface area contributed by atoms with Crippen LogP contribution in [-0.2, 0) is 11.3 Å². The molecule has 1 fully saturated rings. The van der Waals surface area contributed by atoms with Gasteiger partial charge in [-0.15, -0.1) is 23.7 Å². The summed E-state index contributed by atoms with van der Waals surface area (Å²) in [5.74, 6) is 0.200. The van der Waals surface area contributed by atoms with Crippen molar-refractivity contribution in [3.63, 3.8) is 0 Å². The molecule has 1 aromatic heterocycles. The van der Waals surface area contributed by atoms with Crippen molar-refractivity contribution in [2.24, 2.45) is 5.73 Å². The van der Waals surface area contributed by atoms with Gasteiger partial charge in [-0.1, -0.05) is 6.07 Å².